The molecular weight excluding hydrogens is 264 g/mol. The molecule has 0 unspecified atom stereocenters. The number of nitrogens with zero attached hydrogens (tertiary/aromatic N) is 1. The zero-order valence-corrected chi connectivity index (χ0v) is 12.6. The predicted molar refractivity (Wildman–Crippen MR) is 77.0 cm³/mol. The maximum Gasteiger partial charge on any atom is 0.152 e. The van der Waals surface area contributed by atoms with Crippen LogP contribution < -0.4 is 5.32 Å². The van der Waals surface area contributed by atoms with Crippen LogP contribution in [-0.4, -0.2) is 44.8 Å². The number of ether oxygens (including phenoxy) is 1. The van der Waals surface area contributed by atoms with Gasteiger partial charge in [0.1, 0.15) is 0 Å². The second kappa shape index (κ2) is 8.35. The molecule has 110 valence electrons. The summed E-state index contributed by atoms with van der Waals surface area (Å²) in [6, 6.07) is 2.01. The van der Waals surface area contributed by atoms with Gasteiger partial charge in [0.2, 0.25) is 0 Å². The Morgan fingerprint density at radius 3 is 2.84 bits per heavy atom. The fraction of sp³-hybridized carbons (Fsp3) is 0.692. The third kappa shape index (κ3) is 6.75. The van der Waals surface area contributed by atoms with E-state index in [-0.39, 0.29) is 11.5 Å². The molecule has 0 bridgehead atoms. The highest BCUT2D eigenvalue weighted by Crippen LogP contribution is 2.03. The van der Waals surface area contributed by atoms with Gasteiger partial charge < -0.3 is 14.6 Å². The maximum absolute atomic E-state index is 11.6. The van der Waals surface area contributed by atoms with Crippen LogP contribution in [0.25, 0.3) is 0 Å². The fourth-order valence-electron chi connectivity index (χ4n) is 1.80. The molecule has 0 saturated carbocycles. The number of nitrogens with one attached hydrogen (secondary N) is 1. The number of hydrogen-bond acceptors (Lipinski definition) is 4. The molecular formula is C13H24N2O3S. The average molecular weight is 288 g/mol. The van der Waals surface area contributed by atoms with Crippen molar-refractivity contribution in [3.63, 3.8) is 0 Å². The van der Waals surface area contributed by atoms with E-state index in [0.717, 1.165) is 18.7 Å². The van der Waals surface area contributed by atoms with Crippen molar-refractivity contribution in [3.05, 3.63) is 24.0 Å². The van der Waals surface area contributed by atoms with Crippen LogP contribution in [0.3, 0.4) is 0 Å². The first-order valence-electron chi connectivity index (χ1n) is 6.62. The molecule has 0 aliphatic heterocycles. The first-order chi connectivity index (χ1) is 9.07. The molecule has 0 amide bonds. The molecule has 0 aliphatic carbocycles. The Morgan fingerprint density at radius 1 is 1.37 bits per heavy atom. The van der Waals surface area contributed by atoms with Crippen LogP contribution in [0.1, 0.15) is 18.9 Å². The van der Waals surface area contributed by atoms with Gasteiger partial charge in [-0.2, -0.15) is 0 Å². The smallest absolute Gasteiger partial charge is 0.152 e. The number of aryl methyl sites for hydroxylation is 1. The molecule has 1 N–H and O–H groups in total. The zero-order chi connectivity index (χ0) is 14.1. The lowest BCUT2D eigenvalue weighted by molar-refractivity contribution is 0.199. The van der Waals surface area contributed by atoms with Crippen molar-refractivity contribution < 1.29 is 13.2 Å². The van der Waals surface area contributed by atoms with Gasteiger partial charge in [-0.3, -0.25) is 0 Å². The van der Waals surface area contributed by atoms with E-state index in [1.807, 2.05) is 30.0 Å². The van der Waals surface area contributed by atoms with Crippen LogP contribution in [0.2, 0.25) is 0 Å². The minimum absolute atomic E-state index is 0.214. The van der Waals surface area contributed by atoms with Crippen molar-refractivity contribution in [2.45, 2.75) is 26.4 Å². The quantitative estimate of drug-likeness (QED) is 0.654. The van der Waals surface area contributed by atoms with Gasteiger partial charge in [-0.15, -0.1) is 0 Å². The van der Waals surface area contributed by atoms with Crippen LogP contribution in [0, 0.1) is 0 Å². The lowest BCUT2D eigenvalue weighted by Gasteiger charge is -2.04. The normalized spacial score (nSPS) is 11.9. The Morgan fingerprint density at radius 2 is 2.16 bits per heavy atom. The Bertz CT molecular complexity index is 454. The molecule has 0 aliphatic rings. The molecule has 0 spiro atoms. The minimum atomic E-state index is -2.90. The van der Waals surface area contributed by atoms with Crippen molar-refractivity contribution in [1.82, 2.24) is 9.88 Å². The summed E-state index contributed by atoms with van der Waals surface area (Å²) in [5.74, 6) is 0.492. The van der Waals surface area contributed by atoms with Crippen molar-refractivity contribution in [1.29, 1.82) is 0 Å². The summed E-state index contributed by atoms with van der Waals surface area (Å²) in [5.41, 5.74) is 1.16. The van der Waals surface area contributed by atoms with Gasteiger partial charge in [0.25, 0.3) is 0 Å². The third-order valence-electron chi connectivity index (χ3n) is 2.80. The number of rotatable bonds is 10. The van der Waals surface area contributed by atoms with E-state index in [1.54, 1.807) is 7.11 Å². The molecule has 5 nitrogen and oxygen atoms in total. The number of sulfone groups is 1. The molecule has 1 aromatic heterocycles. The molecule has 0 atom stereocenters. The summed E-state index contributed by atoms with van der Waals surface area (Å²) in [4.78, 5) is 0. The van der Waals surface area contributed by atoms with Crippen LogP contribution in [0.15, 0.2) is 18.5 Å². The van der Waals surface area contributed by atoms with Crippen LogP contribution in [-0.2, 0) is 27.7 Å². The maximum atomic E-state index is 11.6. The Balaban J connectivity index is 2.34. The molecule has 1 heterocycles. The second-order valence-corrected chi connectivity index (χ2v) is 6.88. The third-order valence-corrected chi connectivity index (χ3v) is 4.63. The number of methoxy groups -OCH3 is 1. The van der Waals surface area contributed by atoms with E-state index in [2.05, 4.69) is 5.32 Å². The molecule has 6 heteroatoms. The first kappa shape index (κ1) is 16.2. The molecule has 0 saturated heterocycles. The molecule has 19 heavy (non-hydrogen) atoms. The van der Waals surface area contributed by atoms with Gasteiger partial charge in [0.05, 0.1) is 12.4 Å². The highest BCUT2D eigenvalue weighted by molar-refractivity contribution is 7.91. The predicted octanol–water partition coefficient (Wildman–Crippen LogP) is 1.05. The zero-order valence-electron chi connectivity index (χ0n) is 11.8. The fourth-order valence-corrected chi connectivity index (χ4v) is 3.11. The molecule has 1 aromatic rings. The lowest BCUT2D eigenvalue weighted by Crippen LogP contribution is -2.18. The highest BCUT2D eigenvalue weighted by Gasteiger charge is 2.09. The van der Waals surface area contributed by atoms with Crippen molar-refractivity contribution in [3.8, 4) is 0 Å². The summed E-state index contributed by atoms with van der Waals surface area (Å²) in [7, 11) is -1.22. The SMILES string of the molecule is CCCS(=O)(=O)CCn1ccc(CNCCOC)c1. The van der Waals surface area contributed by atoms with Gasteiger partial charge in [-0.05, 0) is 18.1 Å². The van der Waals surface area contributed by atoms with Crippen molar-refractivity contribution in [2.75, 3.05) is 31.8 Å². The van der Waals surface area contributed by atoms with E-state index in [4.69, 9.17) is 4.74 Å². The monoisotopic (exact) mass is 288 g/mol. The molecule has 1 rings (SSSR count). The van der Waals surface area contributed by atoms with E-state index in [9.17, 15) is 8.42 Å². The standard InChI is InChI=1S/C13H24N2O3S/c1-3-9-19(16,17)10-7-15-6-4-13(12-15)11-14-5-8-18-2/h4,6,12,14H,3,5,7-11H2,1-2H3. The van der Waals surface area contributed by atoms with Crippen LogP contribution >= 0.6 is 0 Å². The molecule has 0 fully saturated rings. The minimum Gasteiger partial charge on any atom is -0.383 e. The lowest BCUT2D eigenvalue weighted by atomic mass is 10.3. The van der Waals surface area contributed by atoms with E-state index in [0.29, 0.717) is 19.6 Å². The van der Waals surface area contributed by atoms with Gasteiger partial charge >= 0.3 is 0 Å². The average Bonchev–Trinajstić information content (AvgIpc) is 2.80. The summed E-state index contributed by atoms with van der Waals surface area (Å²) in [6.45, 7) is 4.69. The van der Waals surface area contributed by atoms with E-state index < -0.39 is 9.84 Å². The summed E-state index contributed by atoms with van der Waals surface area (Å²) in [6.07, 6.45) is 4.60. The van der Waals surface area contributed by atoms with Gasteiger partial charge in [-0.1, -0.05) is 6.92 Å². The summed E-state index contributed by atoms with van der Waals surface area (Å²) in [5, 5.41) is 3.25. The van der Waals surface area contributed by atoms with E-state index in [1.165, 1.54) is 0 Å². The van der Waals surface area contributed by atoms with Crippen molar-refractivity contribution in [2.24, 2.45) is 0 Å². The number of hydrogen-bond donors (Lipinski definition) is 1. The van der Waals surface area contributed by atoms with Gasteiger partial charge in [0, 0.05) is 44.9 Å². The summed E-state index contributed by atoms with van der Waals surface area (Å²) < 4.78 is 30.1. The Kier molecular flexibility index (Phi) is 7.12. The summed E-state index contributed by atoms with van der Waals surface area (Å²) >= 11 is 0. The van der Waals surface area contributed by atoms with Crippen molar-refractivity contribution >= 4 is 9.84 Å². The highest BCUT2D eigenvalue weighted by atomic mass is 32.2. The Labute approximate surface area is 115 Å². The molecule has 0 radical (unpaired) electrons. The van der Waals surface area contributed by atoms with Gasteiger partial charge in [0.15, 0.2) is 9.84 Å². The second-order valence-electron chi connectivity index (χ2n) is 4.58. The van der Waals surface area contributed by atoms with E-state index >= 15 is 0 Å². The van der Waals surface area contributed by atoms with Gasteiger partial charge in [-0.25, -0.2) is 8.42 Å². The topological polar surface area (TPSA) is 60.3 Å². The van der Waals surface area contributed by atoms with Crippen LogP contribution in [0.5, 0.6) is 0 Å². The first-order valence-corrected chi connectivity index (χ1v) is 8.44. The van der Waals surface area contributed by atoms with Crippen LogP contribution in [0.4, 0.5) is 0 Å². The Hall–Kier alpha value is -0.850. The largest absolute Gasteiger partial charge is 0.383 e. The molecule has 0 aromatic carbocycles. The number of aromatic nitrogens is 1.